The Morgan fingerprint density at radius 2 is 2.14 bits per heavy atom. The van der Waals surface area contributed by atoms with Gasteiger partial charge in [-0.1, -0.05) is 12.1 Å². The fourth-order valence-electron chi connectivity index (χ4n) is 1.94. The zero-order valence-electron chi connectivity index (χ0n) is 11.6. The first-order chi connectivity index (χ1) is 10.7. The van der Waals surface area contributed by atoms with Gasteiger partial charge in [0.2, 0.25) is 0 Å². The van der Waals surface area contributed by atoms with Crippen LogP contribution in [0.5, 0.6) is 0 Å². The first-order valence-electron chi connectivity index (χ1n) is 6.43. The summed E-state index contributed by atoms with van der Waals surface area (Å²) >= 11 is 2.27. The van der Waals surface area contributed by atoms with Gasteiger partial charge in [0, 0.05) is 13.5 Å². The van der Waals surface area contributed by atoms with Crippen LogP contribution in [0.1, 0.15) is 12.4 Å². The highest BCUT2D eigenvalue weighted by Gasteiger charge is 2.19. The van der Waals surface area contributed by atoms with Gasteiger partial charge in [-0.25, -0.2) is 9.97 Å². The van der Waals surface area contributed by atoms with Gasteiger partial charge in [0.05, 0.1) is 17.6 Å². The molecule has 1 aromatic carbocycles. The molecule has 0 atom stereocenters. The van der Waals surface area contributed by atoms with Crippen LogP contribution in [0, 0.1) is 0 Å². The standard InChI is InChI=1S/C13H12F2N4OS2/c1-20-7-6-10-17-13(22-18-10)21-12-16-8-4-2-3-5-9(8)19(12)11(14)15/h2-5,11H,6-7H2,1H3. The van der Waals surface area contributed by atoms with E-state index in [1.165, 1.54) is 11.5 Å². The van der Waals surface area contributed by atoms with Crippen molar-refractivity contribution in [3.8, 4) is 0 Å². The molecular formula is C13H12F2N4OS2. The molecule has 22 heavy (non-hydrogen) atoms. The van der Waals surface area contributed by atoms with Gasteiger partial charge < -0.3 is 4.74 Å². The topological polar surface area (TPSA) is 52.8 Å². The third-order valence-corrected chi connectivity index (χ3v) is 4.68. The number of halogens is 2. The highest BCUT2D eigenvalue weighted by atomic mass is 32.2. The number of aromatic nitrogens is 4. The largest absolute Gasteiger partial charge is 0.384 e. The minimum atomic E-state index is -2.66. The molecule has 3 rings (SSSR count). The summed E-state index contributed by atoms with van der Waals surface area (Å²) in [6.45, 7) is -2.13. The van der Waals surface area contributed by atoms with Crippen molar-refractivity contribution in [1.29, 1.82) is 0 Å². The van der Waals surface area contributed by atoms with Gasteiger partial charge in [0.15, 0.2) is 9.50 Å². The van der Waals surface area contributed by atoms with E-state index >= 15 is 0 Å². The maximum absolute atomic E-state index is 13.3. The smallest absolute Gasteiger partial charge is 0.321 e. The average molecular weight is 342 g/mol. The van der Waals surface area contributed by atoms with Crippen molar-refractivity contribution in [3.05, 3.63) is 30.1 Å². The molecule has 0 radical (unpaired) electrons. The highest BCUT2D eigenvalue weighted by Crippen LogP contribution is 2.34. The summed E-state index contributed by atoms with van der Waals surface area (Å²) in [5.74, 6) is 0.647. The van der Waals surface area contributed by atoms with E-state index in [9.17, 15) is 8.78 Å². The van der Waals surface area contributed by atoms with Gasteiger partial charge in [-0.2, -0.15) is 13.2 Å². The van der Waals surface area contributed by atoms with Crippen molar-refractivity contribution in [2.75, 3.05) is 13.7 Å². The average Bonchev–Trinajstić information content (AvgIpc) is 3.09. The van der Waals surface area contributed by atoms with Crippen LogP contribution >= 0.6 is 23.3 Å². The Morgan fingerprint density at radius 3 is 2.91 bits per heavy atom. The lowest BCUT2D eigenvalue weighted by Crippen LogP contribution is -1.99. The molecule has 116 valence electrons. The maximum Gasteiger partial charge on any atom is 0.321 e. The van der Waals surface area contributed by atoms with Crippen LogP contribution in [0.15, 0.2) is 33.8 Å². The number of fused-ring (bicyclic) bond motifs is 1. The van der Waals surface area contributed by atoms with Gasteiger partial charge >= 0.3 is 6.55 Å². The number of benzene rings is 1. The molecule has 0 aliphatic rings. The zero-order valence-corrected chi connectivity index (χ0v) is 13.2. The minimum Gasteiger partial charge on any atom is -0.384 e. The maximum atomic E-state index is 13.3. The molecule has 0 aliphatic heterocycles. The van der Waals surface area contributed by atoms with Crippen molar-refractivity contribution in [1.82, 2.24) is 18.9 Å². The van der Waals surface area contributed by atoms with Gasteiger partial charge in [-0.15, -0.1) is 0 Å². The van der Waals surface area contributed by atoms with Crippen molar-refractivity contribution in [2.24, 2.45) is 0 Å². The summed E-state index contributed by atoms with van der Waals surface area (Å²) < 4.78 is 37.3. The first kappa shape index (κ1) is 15.3. The summed E-state index contributed by atoms with van der Waals surface area (Å²) in [5.41, 5.74) is 0.943. The number of hydrogen-bond donors (Lipinski definition) is 0. The molecule has 0 fully saturated rings. The van der Waals surface area contributed by atoms with Crippen LogP contribution < -0.4 is 0 Å². The summed E-state index contributed by atoms with van der Waals surface area (Å²) in [7, 11) is 1.60. The number of alkyl halides is 2. The van der Waals surface area contributed by atoms with E-state index in [1.54, 1.807) is 31.4 Å². The normalized spacial score (nSPS) is 11.6. The summed E-state index contributed by atoms with van der Waals surface area (Å²) in [5, 5.41) is 0.214. The number of nitrogens with zero attached hydrogens (tertiary/aromatic N) is 4. The zero-order chi connectivity index (χ0) is 15.5. The van der Waals surface area contributed by atoms with E-state index in [-0.39, 0.29) is 5.16 Å². The molecule has 0 bridgehead atoms. The lowest BCUT2D eigenvalue weighted by Gasteiger charge is -2.05. The predicted octanol–water partition coefficient (Wildman–Crippen LogP) is 3.62. The monoisotopic (exact) mass is 342 g/mol. The van der Waals surface area contributed by atoms with Gasteiger partial charge in [0.1, 0.15) is 5.82 Å². The van der Waals surface area contributed by atoms with Crippen LogP contribution in [0.25, 0.3) is 11.0 Å². The Hall–Kier alpha value is -1.58. The molecule has 0 saturated heterocycles. The number of imidazole rings is 1. The van der Waals surface area contributed by atoms with Gasteiger partial charge in [-0.05, 0) is 35.4 Å². The Labute approximate surface area is 133 Å². The lowest BCUT2D eigenvalue weighted by molar-refractivity contribution is 0.0656. The molecule has 0 spiro atoms. The lowest BCUT2D eigenvalue weighted by atomic mass is 10.3. The van der Waals surface area contributed by atoms with Crippen molar-refractivity contribution in [3.63, 3.8) is 0 Å². The van der Waals surface area contributed by atoms with Gasteiger partial charge in [0.25, 0.3) is 0 Å². The Kier molecular flexibility index (Phi) is 4.65. The number of methoxy groups -OCH3 is 1. The second-order valence-electron chi connectivity index (χ2n) is 4.35. The van der Waals surface area contributed by atoms with E-state index in [2.05, 4.69) is 14.3 Å². The van der Waals surface area contributed by atoms with Gasteiger partial charge in [-0.3, -0.25) is 4.57 Å². The van der Waals surface area contributed by atoms with Crippen LogP contribution in [-0.4, -0.2) is 32.6 Å². The molecular weight excluding hydrogens is 330 g/mol. The number of hydrogen-bond acceptors (Lipinski definition) is 6. The number of rotatable bonds is 6. The molecule has 3 aromatic rings. The van der Waals surface area contributed by atoms with Crippen LogP contribution in [0.2, 0.25) is 0 Å². The molecule has 0 amide bonds. The van der Waals surface area contributed by atoms with Crippen molar-refractivity contribution in [2.45, 2.75) is 22.5 Å². The Bertz CT molecular complexity index is 774. The third-order valence-electron chi connectivity index (χ3n) is 2.92. The second kappa shape index (κ2) is 6.67. The predicted molar refractivity (Wildman–Crippen MR) is 80.6 cm³/mol. The quantitative estimate of drug-likeness (QED) is 0.685. The Balaban J connectivity index is 1.90. The molecule has 0 saturated carbocycles. The Morgan fingerprint density at radius 1 is 1.32 bits per heavy atom. The van der Waals surface area contributed by atoms with E-state index in [0.29, 0.717) is 34.2 Å². The second-order valence-corrected chi connectivity index (χ2v) is 6.32. The molecule has 2 aromatic heterocycles. The van der Waals surface area contributed by atoms with Crippen LogP contribution in [0.4, 0.5) is 8.78 Å². The molecule has 9 heteroatoms. The number of ether oxygens (including phenoxy) is 1. The van der Waals surface area contributed by atoms with E-state index in [1.807, 2.05) is 0 Å². The van der Waals surface area contributed by atoms with E-state index in [4.69, 9.17) is 4.74 Å². The fraction of sp³-hybridized carbons (Fsp3) is 0.308. The summed E-state index contributed by atoms with van der Waals surface area (Å²) in [6.07, 6.45) is 0.596. The molecule has 5 nitrogen and oxygen atoms in total. The summed E-state index contributed by atoms with van der Waals surface area (Å²) in [4.78, 5) is 8.57. The van der Waals surface area contributed by atoms with E-state index < -0.39 is 6.55 Å². The molecule has 0 N–H and O–H groups in total. The van der Waals surface area contributed by atoms with Crippen LogP contribution in [-0.2, 0) is 11.2 Å². The summed E-state index contributed by atoms with van der Waals surface area (Å²) in [6, 6.07) is 6.82. The third kappa shape index (κ3) is 3.11. The fourth-order valence-corrected chi connectivity index (χ4v) is 3.61. The molecule has 0 aliphatic carbocycles. The van der Waals surface area contributed by atoms with Crippen molar-refractivity contribution >= 4 is 34.3 Å². The van der Waals surface area contributed by atoms with E-state index in [0.717, 1.165) is 16.3 Å². The van der Waals surface area contributed by atoms with Crippen molar-refractivity contribution < 1.29 is 13.5 Å². The van der Waals surface area contributed by atoms with Crippen LogP contribution in [0.3, 0.4) is 0 Å². The SMILES string of the molecule is COCCc1nsc(Sc2nc3ccccc3n2C(F)F)n1. The highest BCUT2D eigenvalue weighted by molar-refractivity contribution is 8.00. The number of para-hydroxylation sites is 2. The molecule has 2 heterocycles. The minimum absolute atomic E-state index is 0.214. The first-order valence-corrected chi connectivity index (χ1v) is 8.02. The molecule has 0 unspecified atom stereocenters.